The molecule has 1 aromatic rings. The minimum Gasteiger partial charge on any atom is -0.323 e. The quantitative estimate of drug-likeness (QED) is 0.649. The van der Waals surface area contributed by atoms with E-state index in [0.29, 0.717) is 19.3 Å². The van der Waals surface area contributed by atoms with Crippen LogP contribution in [0.5, 0.6) is 0 Å². The molecule has 4 rings (SSSR count). The first-order valence-electron chi connectivity index (χ1n) is 4.55. The lowest BCUT2D eigenvalue weighted by atomic mass is 9.47. The van der Waals surface area contributed by atoms with E-state index in [1.165, 1.54) is 17.0 Å². The van der Waals surface area contributed by atoms with Gasteiger partial charge in [-0.05, 0) is 0 Å². The Bertz CT molecular complexity index is 496. The van der Waals surface area contributed by atoms with E-state index in [0.717, 1.165) is 0 Å². The summed E-state index contributed by atoms with van der Waals surface area (Å²) in [6.07, 6.45) is 4.09. The van der Waals surface area contributed by atoms with Gasteiger partial charge in [0, 0.05) is 31.7 Å². The fraction of sp³-hybridized carbons (Fsp3) is 0.556. The standard InChI is InChI=1S/C9H9FN2O2/c10-8-3-9(4-8,5-8)12-2-1-11-6(13)7(12)14/h1-2H,3-5H2,(H,11,13). The van der Waals surface area contributed by atoms with Gasteiger partial charge in [0.2, 0.25) is 0 Å². The van der Waals surface area contributed by atoms with Crippen LogP contribution in [0.15, 0.2) is 22.0 Å². The van der Waals surface area contributed by atoms with Gasteiger partial charge >= 0.3 is 11.1 Å². The second-order valence-electron chi connectivity index (χ2n) is 4.37. The Morgan fingerprint density at radius 2 is 2.00 bits per heavy atom. The van der Waals surface area contributed by atoms with Crippen molar-refractivity contribution in [3.8, 4) is 0 Å². The molecule has 0 aliphatic heterocycles. The zero-order valence-electron chi connectivity index (χ0n) is 7.42. The lowest BCUT2D eigenvalue weighted by molar-refractivity contribution is -0.199. The normalized spacial score (nSPS) is 38.6. The highest BCUT2D eigenvalue weighted by atomic mass is 19.1. The number of hydrogen-bond donors (Lipinski definition) is 1. The number of aromatic amines is 1. The summed E-state index contributed by atoms with van der Waals surface area (Å²) >= 11 is 0. The minimum absolute atomic E-state index is 0.378. The first kappa shape index (κ1) is 7.96. The Balaban J connectivity index is 2.11. The third kappa shape index (κ3) is 0.731. The molecule has 3 saturated carbocycles. The molecule has 0 aromatic carbocycles. The third-order valence-corrected chi connectivity index (χ3v) is 3.30. The topological polar surface area (TPSA) is 54.9 Å². The van der Waals surface area contributed by atoms with Gasteiger partial charge in [-0.3, -0.25) is 9.59 Å². The zero-order chi connectivity index (χ0) is 9.97. The van der Waals surface area contributed by atoms with Crippen molar-refractivity contribution in [2.75, 3.05) is 0 Å². The molecule has 0 amide bonds. The van der Waals surface area contributed by atoms with Crippen LogP contribution in [-0.2, 0) is 5.54 Å². The number of alkyl halides is 1. The summed E-state index contributed by atoms with van der Waals surface area (Å²) in [7, 11) is 0. The molecule has 0 atom stereocenters. The van der Waals surface area contributed by atoms with Crippen molar-refractivity contribution in [2.45, 2.75) is 30.5 Å². The lowest BCUT2D eigenvalue weighted by Crippen LogP contribution is -2.72. The van der Waals surface area contributed by atoms with Crippen molar-refractivity contribution in [3.63, 3.8) is 0 Å². The Morgan fingerprint density at radius 3 is 2.57 bits per heavy atom. The fourth-order valence-corrected chi connectivity index (χ4v) is 2.67. The lowest BCUT2D eigenvalue weighted by Gasteiger charge is -2.65. The van der Waals surface area contributed by atoms with Crippen LogP contribution in [0.4, 0.5) is 4.39 Å². The Labute approximate surface area is 78.4 Å². The minimum atomic E-state index is -1.05. The average Bonchev–Trinajstić information content (AvgIpc) is 2.03. The van der Waals surface area contributed by atoms with Crippen molar-refractivity contribution in [3.05, 3.63) is 33.1 Å². The zero-order valence-corrected chi connectivity index (χ0v) is 7.42. The molecule has 1 aromatic heterocycles. The van der Waals surface area contributed by atoms with E-state index in [4.69, 9.17) is 0 Å². The molecule has 3 aliphatic rings. The predicted octanol–water partition coefficient (Wildman–Crippen LogP) is 0.138. The van der Waals surface area contributed by atoms with E-state index >= 15 is 0 Å². The van der Waals surface area contributed by atoms with Crippen LogP contribution in [0.25, 0.3) is 0 Å². The molecule has 3 fully saturated rings. The number of rotatable bonds is 1. The maximum atomic E-state index is 13.2. The van der Waals surface area contributed by atoms with E-state index in [9.17, 15) is 14.0 Å². The summed E-state index contributed by atoms with van der Waals surface area (Å²) in [5.41, 5.74) is -2.65. The molecule has 2 bridgehead atoms. The first-order valence-corrected chi connectivity index (χ1v) is 4.55. The van der Waals surface area contributed by atoms with Crippen molar-refractivity contribution in [2.24, 2.45) is 0 Å². The molecule has 0 spiro atoms. The van der Waals surface area contributed by atoms with E-state index in [2.05, 4.69) is 4.98 Å². The van der Waals surface area contributed by atoms with Gasteiger partial charge in [0.1, 0.15) is 5.67 Å². The SMILES string of the molecule is O=c1[nH]ccn(C23CC(F)(C2)C3)c1=O. The smallest absolute Gasteiger partial charge is 0.316 e. The highest BCUT2D eigenvalue weighted by Gasteiger charge is 2.70. The van der Waals surface area contributed by atoms with Gasteiger partial charge in [-0.15, -0.1) is 0 Å². The molecule has 1 heterocycles. The second kappa shape index (κ2) is 1.99. The molecule has 74 valence electrons. The highest BCUT2D eigenvalue weighted by Crippen LogP contribution is 2.66. The van der Waals surface area contributed by atoms with Gasteiger partial charge in [0.15, 0.2) is 0 Å². The van der Waals surface area contributed by atoms with Crippen LogP contribution < -0.4 is 11.1 Å². The van der Waals surface area contributed by atoms with Crippen molar-refractivity contribution in [1.29, 1.82) is 0 Å². The molecule has 14 heavy (non-hydrogen) atoms. The van der Waals surface area contributed by atoms with Crippen LogP contribution in [0.1, 0.15) is 19.3 Å². The molecule has 0 saturated heterocycles. The van der Waals surface area contributed by atoms with Crippen LogP contribution in [-0.4, -0.2) is 15.2 Å². The van der Waals surface area contributed by atoms with Gasteiger partial charge in [0.05, 0.1) is 5.54 Å². The monoisotopic (exact) mass is 196 g/mol. The summed E-state index contributed by atoms with van der Waals surface area (Å²) in [6.45, 7) is 0. The van der Waals surface area contributed by atoms with Crippen LogP contribution in [0.2, 0.25) is 0 Å². The third-order valence-electron chi connectivity index (χ3n) is 3.30. The van der Waals surface area contributed by atoms with Crippen LogP contribution in [0, 0.1) is 0 Å². The van der Waals surface area contributed by atoms with E-state index in [1.807, 2.05) is 0 Å². The first-order chi connectivity index (χ1) is 6.55. The predicted molar refractivity (Wildman–Crippen MR) is 47.0 cm³/mol. The largest absolute Gasteiger partial charge is 0.323 e. The van der Waals surface area contributed by atoms with E-state index in [-0.39, 0.29) is 5.54 Å². The van der Waals surface area contributed by atoms with Gasteiger partial charge in [0.25, 0.3) is 0 Å². The maximum Gasteiger partial charge on any atom is 0.316 e. The summed E-state index contributed by atoms with van der Waals surface area (Å²) in [5.74, 6) is 0. The molecule has 5 heteroatoms. The average molecular weight is 196 g/mol. The fourth-order valence-electron chi connectivity index (χ4n) is 2.67. The van der Waals surface area contributed by atoms with E-state index < -0.39 is 16.8 Å². The van der Waals surface area contributed by atoms with Crippen molar-refractivity contribution >= 4 is 0 Å². The number of hydrogen-bond acceptors (Lipinski definition) is 2. The summed E-state index contributed by atoms with van der Waals surface area (Å²) in [4.78, 5) is 24.8. The van der Waals surface area contributed by atoms with Gasteiger partial charge in [-0.1, -0.05) is 0 Å². The van der Waals surface area contributed by atoms with Crippen molar-refractivity contribution in [1.82, 2.24) is 9.55 Å². The highest BCUT2D eigenvalue weighted by molar-refractivity contribution is 5.23. The Hall–Kier alpha value is -1.39. The number of nitrogens with one attached hydrogen (secondary N) is 1. The molecule has 1 N–H and O–H groups in total. The Morgan fingerprint density at radius 1 is 1.36 bits per heavy atom. The number of nitrogens with zero attached hydrogens (tertiary/aromatic N) is 1. The summed E-state index contributed by atoms with van der Waals surface area (Å²) in [5, 5.41) is 0. The van der Waals surface area contributed by atoms with E-state index in [1.54, 1.807) is 0 Å². The number of aromatic nitrogens is 2. The molecule has 0 radical (unpaired) electrons. The summed E-state index contributed by atoms with van der Waals surface area (Å²) in [6, 6.07) is 0. The van der Waals surface area contributed by atoms with Crippen LogP contribution >= 0.6 is 0 Å². The number of halogens is 1. The molecular weight excluding hydrogens is 187 g/mol. The Kier molecular flexibility index (Phi) is 1.13. The molecule has 3 aliphatic carbocycles. The second-order valence-corrected chi connectivity index (χ2v) is 4.37. The molecule has 0 unspecified atom stereocenters. The van der Waals surface area contributed by atoms with Crippen LogP contribution in [0.3, 0.4) is 0 Å². The van der Waals surface area contributed by atoms with Gasteiger partial charge < -0.3 is 9.55 Å². The van der Waals surface area contributed by atoms with Crippen molar-refractivity contribution < 1.29 is 4.39 Å². The maximum absolute atomic E-state index is 13.2. The molecule has 4 nitrogen and oxygen atoms in total. The number of H-pyrrole nitrogens is 1. The molecular formula is C9H9FN2O2. The van der Waals surface area contributed by atoms with Gasteiger partial charge in [-0.2, -0.15) is 0 Å². The van der Waals surface area contributed by atoms with Gasteiger partial charge in [-0.25, -0.2) is 4.39 Å². The summed E-state index contributed by atoms with van der Waals surface area (Å²) < 4.78 is 14.6.